The second kappa shape index (κ2) is 9.68. The molecule has 1 N–H and O–H groups in total. The van der Waals surface area contributed by atoms with Crippen LogP contribution in [0.25, 0.3) is 0 Å². The molecule has 8 nitrogen and oxygen atoms in total. The van der Waals surface area contributed by atoms with Crippen LogP contribution >= 0.6 is 11.3 Å². The summed E-state index contributed by atoms with van der Waals surface area (Å²) >= 11 is 1.56. The minimum atomic E-state index is -3.56. The summed E-state index contributed by atoms with van der Waals surface area (Å²) in [5, 5.41) is 3.96. The molecule has 32 heavy (non-hydrogen) atoms. The molecule has 0 radical (unpaired) electrons. The summed E-state index contributed by atoms with van der Waals surface area (Å²) < 4.78 is 26.7. The van der Waals surface area contributed by atoms with Crippen LogP contribution in [0, 0.1) is 19.8 Å². The Morgan fingerprint density at radius 2 is 1.88 bits per heavy atom. The van der Waals surface area contributed by atoms with Crippen LogP contribution in [0.3, 0.4) is 0 Å². The number of anilines is 1. The van der Waals surface area contributed by atoms with Crippen LogP contribution in [0.1, 0.15) is 48.8 Å². The van der Waals surface area contributed by atoms with Crippen molar-refractivity contribution in [1.29, 1.82) is 0 Å². The second-order valence-corrected chi connectivity index (χ2v) is 11.1. The van der Waals surface area contributed by atoms with Crippen molar-refractivity contribution in [3.63, 3.8) is 0 Å². The Morgan fingerprint density at radius 1 is 1.25 bits per heavy atom. The summed E-state index contributed by atoms with van der Waals surface area (Å²) in [5.74, 6) is -0.778. The summed E-state index contributed by atoms with van der Waals surface area (Å²) in [6.45, 7) is 10.4. The van der Waals surface area contributed by atoms with Crippen molar-refractivity contribution in [1.82, 2.24) is 14.6 Å². The van der Waals surface area contributed by atoms with Crippen molar-refractivity contribution in [3.8, 4) is 0 Å². The molecule has 174 valence electrons. The molecule has 0 bridgehead atoms. The molecular weight excluding hydrogens is 448 g/mol. The number of thiazole rings is 1. The number of hydrogen-bond acceptors (Lipinski definition) is 6. The molecule has 2 atom stereocenters. The van der Waals surface area contributed by atoms with Gasteiger partial charge in [0.2, 0.25) is 21.8 Å². The molecule has 0 aliphatic carbocycles. The standard InChI is InChI=1S/C22H30N4O4S2/c1-6-25(7-2)32(29,30)19-10-8-18(9-11-19)26-13-17(12-20(26)27)22(28)24-15(4)21-14(3)23-16(5)31-21/h8-11,15,17H,6-7,12-13H2,1-5H3,(H,24,28)/t15-,17-/m0/s1. The zero-order valence-electron chi connectivity index (χ0n) is 19.1. The molecule has 2 heterocycles. The predicted molar refractivity (Wildman–Crippen MR) is 125 cm³/mol. The van der Waals surface area contributed by atoms with Crippen molar-refractivity contribution >= 4 is 38.9 Å². The molecule has 1 aromatic heterocycles. The zero-order chi connectivity index (χ0) is 23.6. The Kier molecular flexibility index (Phi) is 7.36. The minimum absolute atomic E-state index is 0.124. The van der Waals surface area contributed by atoms with Gasteiger partial charge in [-0.05, 0) is 45.0 Å². The van der Waals surface area contributed by atoms with Crippen molar-refractivity contribution in [2.75, 3.05) is 24.5 Å². The fourth-order valence-electron chi connectivity index (χ4n) is 3.99. The molecule has 0 unspecified atom stereocenters. The first-order chi connectivity index (χ1) is 15.1. The Labute approximate surface area is 193 Å². The van der Waals surface area contributed by atoms with Gasteiger partial charge in [0.25, 0.3) is 0 Å². The number of amides is 2. The predicted octanol–water partition coefficient (Wildman–Crippen LogP) is 3.02. The van der Waals surface area contributed by atoms with Crippen LogP contribution in [0.15, 0.2) is 29.2 Å². The third-order valence-electron chi connectivity index (χ3n) is 5.68. The molecule has 3 rings (SSSR count). The van der Waals surface area contributed by atoms with Crippen LogP contribution in [0.5, 0.6) is 0 Å². The number of rotatable bonds is 8. The third kappa shape index (κ3) is 4.87. The second-order valence-electron chi connectivity index (χ2n) is 7.90. The average Bonchev–Trinajstić information content (AvgIpc) is 3.30. The topological polar surface area (TPSA) is 99.7 Å². The number of aromatic nitrogens is 1. The van der Waals surface area contributed by atoms with Gasteiger partial charge >= 0.3 is 0 Å². The molecule has 1 aliphatic heterocycles. The first-order valence-corrected chi connectivity index (χ1v) is 13.0. The van der Waals surface area contributed by atoms with E-state index in [9.17, 15) is 18.0 Å². The van der Waals surface area contributed by atoms with E-state index in [1.807, 2.05) is 20.8 Å². The fraction of sp³-hybridized carbons (Fsp3) is 0.500. The Bertz CT molecular complexity index is 1090. The van der Waals surface area contributed by atoms with Crippen molar-refractivity contribution in [2.24, 2.45) is 5.92 Å². The molecule has 1 aromatic carbocycles. The zero-order valence-corrected chi connectivity index (χ0v) is 20.7. The maximum atomic E-state index is 12.8. The molecule has 0 spiro atoms. The van der Waals surface area contributed by atoms with Gasteiger partial charge in [0.05, 0.1) is 27.6 Å². The van der Waals surface area contributed by atoms with E-state index in [4.69, 9.17) is 0 Å². The van der Waals surface area contributed by atoms with Crippen LogP contribution in [0.4, 0.5) is 5.69 Å². The molecule has 2 aromatic rings. The Morgan fingerprint density at radius 3 is 2.41 bits per heavy atom. The van der Waals surface area contributed by atoms with E-state index in [1.54, 1.807) is 42.2 Å². The van der Waals surface area contributed by atoms with Crippen LogP contribution in [-0.4, -0.2) is 49.2 Å². The first-order valence-electron chi connectivity index (χ1n) is 10.7. The lowest BCUT2D eigenvalue weighted by Gasteiger charge is -2.20. The number of sulfonamides is 1. The molecular formula is C22H30N4O4S2. The van der Waals surface area contributed by atoms with Crippen molar-refractivity contribution < 1.29 is 18.0 Å². The molecule has 10 heteroatoms. The Balaban J connectivity index is 1.69. The highest BCUT2D eigenvalue weighted by Gasteiger charge is 2.36. The highest BCUT2D eigenvalue weighted by atomic mass is 32.2. The monoisotopic (exact) mass is 478 g/mol. The number of hydrogen-bond donors (Lipinski definition) is 1. The normalized spacial score (nSPS) is 17.8. The molecule has 1 fully saturated rings. The number of benzene rings is 1. The van der Waals surface area contributed by atoms with Crippen molar-refractivity contribution in [2.45, 2.75) is 52.0 Å². The summed E-state index contributed by atoms with van der Waals surface area (Å²) in [6, 6.07) is 6.10. The van der Waals surface area contributed by atoms with E-state index in [0.29, 0.717) is 18.8 Å². The van der Waals surface area contributed by atoms with Crippen LogP contribution in [-0.2, 0) is 19.6 Å². The quantitative estimate of drug-likeness (QED) is 0.629. The maximum absolute atomic E-state index is 12.8. The fourth-order valence-corrected chi connectivity index (χ4v) is 6.38. The smallest absolute Gasteiger partial charge is 0.243 e. The lowest BCUT2D eigenvalue weighted by molar-refractivity contribution is -0.126. The Hall–Kier alpha value is -2.30. The average molecular weight is 479 g/mol. The highest BCUT2D eigenvalue weighted by Crippen LogP contribution is 2.29. The van der Waals surface area contributed by atoms with E-state index in [2.05, 4.69) is 10.3 Å². The number of nitrogens with zero attached hydrogens (tertiary/aromatic N) is 3. The largest absolute Gasteiger partial charge is 0.348 e. The third-order valence-corrected chi connectivity index (χ3v) is 9.00. The number of carbonyl (C=O) groups is 2. The summed E-state index contributed by atoms with van der Waals surface area (Å²) in [5.41, 5.74) is 1.50. The van der Waals surface area contributed by atoms with Gasteiger partial charge in [-0.15, -0.1) is 11.3 Å². The van der Waals surface area contributed by atoms with Gasteiger partial charge in [-0.3, -0.25) is 9.59 Å². The van der Waals surface area contributed by atoms with E-state index in [-0.39, 0.29) is 35.7 Å². The molecule has 2 amide bonds. The van der Waals surface area contributed by atoms with Gasteiger partial charge in [-0.1, -0.05) is 13.8 Å². The first kappa shape index (κ1) is 24.3. The summed E-state index contributed by atoms with van der Waals surface area (Å²) in [6.07, 6.45) is 0.124. The van der Waals surface area contributed by atoms with Crippen molar-refractivity contribution in [3.05, 3.63) is 39.8 Å². The van der Waals surface area contributed by atoms with Gasteiger partial charge in [0, 0.05) is 36.6 Å². The summed E-state index contributed by atoms with van der Waals surface area (Å²) in [7, 11) is -3.56. The molecule has 0 saturated carbocycles. The number of nitrogens with one attached hydrogen (secondary N) is 1. The van der Waals surface area contributed by atoms with E-state index in [0.717, 1.165) is 15.6 Å². The van der Waals surface area contributed by atoms with Crippen LogP contribution in [0.2, 0.25) is 0 Å². The van der Waals surface area contributed by atoms with Gasteiger partial charge in [-0.25, -0.2) is 13.4 Å². The number of carbonyl (C=O) groups excluding carboxylic acids is 2. The number of aryl methyl sites for hydroxylation is 2. The van der Waals surface area contributed by atoms with Gasteiger partial charge in [0.15, 0.2) is 0 Å². The summed E-state index contributed by atoms with van der Waals surface area (Å²) in [4.78, 5) is 32.6. The van der Waals surface area contributed by atoms with E-state index >= 15 is 0 Å². The van der Waals surface area contributed by atoms with Crippen LogP contribution < -0.4 is 10.2 Å². The van der Waals surface area contributed by atoms with E-state index < -0.39 is 15.9 Å². The minimum Gasteiger partial charge on any atom is -0.348 e. The SMILES string of the molecule is CCN(CC)S(=O)(=O)c1ccc(N2C[C@@H](C(=O)N[C@@H](C)c3sc(C)nc3C)CC2=O)cc1. The lowest BCUT2D eigenvalue weighted by atomic mass is 10.1. The maximum Gasteiger partial charge on any atom is 0.243 e. The van der Waals surface area contributed by atoms with Gasteiger partial charge < -0.3 is 10.2 Å². The molecule has 1 saturated heterocycles. The lowest BCUT2D eigenvalue weighted by Crippen LogP contribution is -2.34. The highest BCUT2D eigenvalue weighted by molar-refractivity contribution is 7.89. The molecule has 1 aliphatic rings. The van der Waals surface area contributed by atoms with Gasteiger partial charge in [-0.2, -0.15) is 4.31 Å². The van der Waals surface area contributed by atoms with E-state index in [1.165, 1.54) is 16.4 Å². The van der Waals surface area contributed by atoms with Gasteiger partial charge in [0.1, 0.15) is 0 Å².